The molecule has 0 radical (unpaired) electrons. The van der Waals surface area contributed by atoms with Crippen LogP contribution in [0.25, 0.3) is 0 Å². The molecular formula is C7H12NO3P. The Morgan fingerprint density at radius 2 is 1.92 bits per heavy atom. The predicted molar refractivity (Wildman–Crippen MR) is 45.6 cm³/mol. The van der Waals surface area contributed by atoms with Gasteiger partial charge < -0.3 is 9.05 Å². The highest BCUT2D eigenvalue weighted by Crippen LogP contribution is 2.49. The molecule has 0 aliphatic rings. The normalized spacial score (nSPS) is 11.8. The van der Waals surface area contributed by atoms with Gasteiger partial charge in [-0.1, -0.05) is 0 Å². The van der Waals surface area contributed by atoms with Gasteiger partial charge in [0.25, 0.3) is 0 Å². The smallest absolute Gasteiger partial charge is 0.306 e. The average Bonchev–Trinajstić information content (AvgIpc) is 2.02. The third kappa shape index (κ3) is 4.30. The fraction of sp³-hybridized carbons (Fsp3) is 0.571. The summed E-state index contributed by atoms with van der Waals surface area (Å²) in [6.45, 7) is 4.03. The van der Waals surface area contributed by atoms with Crippen LogP contribution in [0.2, 0.25) is 0 Å². The maximum Gasteiger partial charge on any atom is 0.354 e. The second kappa shape index (κ2) is 5.96. The Kier molecular flexibility index (Phi) is 5.65. The summed E-state index contributed by atoms with van der Waals surface area (Å²) in [5.41, 5.74) is 0. The minimum absolute atomic E-state index is 0.299. The van der Waals surface area contributed by atoms with Crippen LogP contribution >= 0.6 is 7.60 Å². The van der Waals surface area contributed by atoms with Crippen molar-refractivity contribution in [3.05, 3.63) is 11.9 Å². The number of nitrogens with zero attached hydrogens (tertiary/aromatic N) is 1. The van der Waals surface area contributed by atoms with Crippen LogP contribution < -0.4 is 0 Å². The van der Waals surface area contributed by atoms with Gasteiger partial charge >= 0.3 is 7.60 Å². The third-order valence-electron chi connectivity index (χ3n) is 0.950. The summed E-state index contributed by atoms with van der Waals surface area (Å²) in [7, 11) is -3.14. The molecule has 0 saturated heterocycles. The van der Waals surface area contributed by atoms with Crippen molar-refractivity contribution in [3.63, 3.8) is 0 Å². The Hall–Kier alpha value is -0.620. The highest BCUT2D eigenvalue weighted by Gasteiger charge is 2.18. The second-order valence-electron chi connectivity index (χ2n) is 1.82. The standard InChI is InChI=1S/C7H12NO3P/c1-3-10-12(9,11-4-2)7-5-6-8/h5,7H,3-4H2,1-2H3. The molecule has 0 amide bonds. The minimum Gasteiger partial charge on any atom is -0.306 e. The van der Waals surface area contributed by atoms with Crippen molar-refractivity contribution >= 4 is 7.60 Å². The summed E-state index contributed by atoms with van der Waals surface area (Å²) >= 11 is 0. The molecule has 0 fully saturated rings. The van der Waals surface area contributed by atoms with Crippen LogP contribution in [0.1, 0.15) is 13.8 Å². The van der Waals surface area contributed by atoms with E-state index in [1.165, 1.54) is 5.82 Å². The molecule has 0 aliphatic carbocycles. The van der Waals surface area contributed by atoms with Crippen LogP contribution in [0.15, 0.2) is 11.9 Å². The van der Waals surface area contributed by atoms with E-state index in [-0.39, 0.29) is 0 Å². The molecule has 0 rings (SSSR count). The largest absolute Gasteiger partial charge is 0.354 e. The lowest BCUT2D eigenvalue weighted by Crippen LogP contribution is -1.92. The van der Waals surface area contributed by atoms with Crippen molar-refractivity contribution in [1.82, 2.24) is 0 Å². The second-order valence-corrected chi connectivity index (χ2v) is 3.71. The molecule has 68 valence electrons. The number of allylic oxidation sites excluding steroid dienone is 1. The van der Waals surface area contributed by atoms with Crippen molar-refractivity contribution in [3.8, 4) is 6.07 Å². The zero-order valence-corrected chi connectivity index (χ0v) is 8.08. The first-order chi connectivity index (χ1) is 5.68. The summed E-state index contributed by atoms with van der Waals surface area (Å²) in [5.74, 6) is 1.17. The van der Waals surface area contributed by atoms with Gasteiger partial charge in [-0.15, -0.1) is 0 Å². The zero-order chi connectivity index (χ0) is 9.45. The molecule has 0 aliphatic heterocycles. The Balaban J connectivity index is 4.30. The molecule has 0 N–H and O–H groups in total. The van der Waals surface area contributed by atoms with Gasteiger partial charge in [-0.05, 0) is 13.8 Å². The van der Waals surface area contributed by atoms with Gasteiger partial charge in [0.15, 0.2) is 0 Å². The minimum atomic E-state index is -3.14. The van der Waals surface area contributed by atoms with E-state index in [0.717, 1.165) is 6.08 Å². The summed E-state index contributed by atoms with van der Waals surface area (Å²) < 4.78 is 21.2. The molecule has 0 bridgehead atoms. The highest BCUT2D eigenvalue weighted by molar-refractivity contribution is 7.57. The van der Waals surface area contributed by atoms with Crippen molar-refractivity contribution in [1.29, 1.82) is 5.26 Å². The van der Waals surface area contributed by atoms with Crippen LogP contribution in [-0.2, 0) is 13.6 Å². The van der Waals surface area contributed by atoms with Gasteiger partial charge in [-0.25, -0.2) is 0 Å². The van der Waals surface area contributed by atoms with Crippen LogP contribution in [0.3, 0.4) is 0 Å². The monoisotopic (exact) mass is 189 g/mol. The topological polar surface area (TPSA) is 59.3 Å². The molecule has 0 atom stereocenters. The van der Waals surface area contributed by atoms with E-state index in [1.54, 1.807) is 19.9 Å². The number of rotatable bonds is 5. The predicted octanol–water partition coefficient (Wildman–Crippen LogP) is 2.29. The Labute approximate surface area is 72.3 Å². The first-order valence-electron chi connectivity index (χ1n) is 3.64. The van der Waals surface area contributed by atoms with E-state index in [2.05, 4.69) is 0 Å². The number of hydrogen-bond donors (Lipinski definition) is 0. The molecule has 0 aromatic carbocycles. The molecule has 0 heterocycles. The first-order valence-corrected chi connectivity index (χ1v) is 5.25. The molecule has 0 spiro atoms. The van der Waals surface area contributed by atoms with E-state index < -0.39 is 7.60 Å². The maximum atomic E-state index is 11.5. The van der Waals surface area contributed by atoms with Gasteiger partial charge in [-0.3, -0.25) is 4.57 Å². The molecular weight excluding hydrogens is 177 g/mol. The van der Waals surface area contributed by atoms with Gasteiger partial charge in [0.2, 0.25) is 0 Å². The van der Waals surface area contributed by atoms with Crippen LogP contribution in [-0.4, -0.2) is 13.2 Å². The molecule has 12 heavy (non-hydrogen) atoms. The molecule has 0 aromatic heterocycles. The van der Waals surface area contributed by atoms with E-state index in [9.17, 15) is 4.57 Å². The Bertz CT molecular complexity index is 221. The molecule has 0 unspecified atom stereocenters. The Morgan fingerprint density at radius 3 is 2.25 bits per heavy atom. The van der Waals surface area contributed by atoms with E-state index >= 15 is 0 Å². The molecule has 5 heteroatoms. The van der Waals surface area contributed by atoms with Crippen LogP contribution in [0.4, 0.5) is 0 Å². The fourth-order valence-corrected chi connectivity index (χ4v) is 1.82. The van der Waals surface area contributed by atoms with Gasteiger partial charge in [0, 0.05) is 11.9 Å². The summed E-state index contributed by atoms with van der Waals surface area (Å²) in [5, 5.41) is 8.20. The van der Waals surface area contributed by atoms with Gasteiger partial charge in [-0.2, -0.15) is 5.26 Å². The van der Waals surface area contributed by atoms with Crippen LogP contribution in [0, 0.1) is 11.3 Å². The lowest BCUT2D eigenvalue weighted by atomic mass is 10.7. The fourth-order valence-electron chi connectivity index (χ4n) is 0.608. The zero-order valence-electron chi connectivity index (χ0n) is 7.19. The summed E-state index contributed by atoms with van der Waals surface area (Å²) in [4.78, 5) is 0. The van der Waals surface area contributed by atoms with E-state index in [1.807, 2.05) is 0 Å². The van der Waals surface area contributed by atoms with Crippen molar-refractivity contribution in [2.45, 2.75) is 13.8 Å². The molecule has 0 aromatic rings. The average molecular weight is 189 g/mol. The number of hydrogen-bond acceptors (Lipinski definition) is 4. The lowest BCUT2D eigenvalue weighted by molar-refractivity contribution is 0.229. The quantitative estimate of drug-likeness (QED) is 0.491. The Morgan fingerprint density at radius 1 is 1.42 bits per heavy atom. The first kappa shape index (κ1) is 11.4. The number of nitriles is 1. The SMILES string of the molecule is CCOP(=O)(C=CC#N)OCC. The molecule has 0 saturated carbocycles. The van der Waals surface area contributed by atoms with Crippen molar-refractivity contribution < 1.29 is 13.6 Å². The summed E-state index contributed by atoms with van der Waals surface area (Å²) in [6, 6.07) is 1.73. The molecule has 4 nitrogen and oxygen atoms in total. The van der Waals surface area contributed by atoms with Gasteiger partial charge in [0.1, 0.15) is 0 Å². The lowest BCUT2D eigenvalue weighted by Gasteiger charge is -2.11. The van der Waals surface area contributed by atoms with E-state index in [0.29, 0.717) is 13.2 Å². The van der Waals surface area contributed by atoms with Crippen molar-refractivity contribution in [2.75, 3.05) is 13.2 Å². The van der Waals surface area contributed by atoms with Crippen LogP contribution in [0.5, 0.6) is 0 Å². The third-order valence-corrected chi connectivity index (χ3v) is 2.70. The summed E-state index contributed by atoms with van der Waals surface area (Å²) in [6.07, 6.45) is 1.10. The van der Waals surface area contributed by atoms with Crippen molar-refractivity contribution in [2.24, 2.45) is 0 Å². The highest BCUT2D eigenvalue weighted by atomic mass is 31.2. The van der Waals surface area contributed by atoms with Gasteiger partial charge in [0.05, 0.1) is 19.3 Å². The maximum absolute atomic E-state index is 11.5. The van der Waals surface area contributed by atoms with E-state index in [4.69, 9.17) is 14.3 Å².